The highest BCUT2D eigenvalue weighted by atomic mass is 32.2. The predicted molar refractivity (Wildman–Crippen MR) is 118 cm³/mol. The van der Waals surface area contributed by atoms with Crippen molar-refractivity contribution in [3.8, 4) is 0 Å². The number of benzene rings is 3. The van der Waals surface area contributed by atoms with E-state index in [2.05, 4.69) is 0 Å². The molecule has 0 fully saturated rings. The number of sulfonamides is 1. The second-order valence-corrected chi connectivity index (χ2v) is 9.70. The van der Waals surface area contributed by atoms with Gasteiger partial charge in [-0.25, -0.2) is 8.42 Å². The molecule has 5 nitrogen and oxygen atoms in total. The van der Waals surface area contributed by atoms with Gasteiger partial charge in [0.05, 0.1) is 10.6 Å². The minimum atomic E-state index is -3.65. The van der Waals surface area contributed by atoms with Crippen LogP contribution in [0.5, 0.6) is 0 Å². The Balaban J connectivity index is 1.50. The molecular formula is C24H22N2O3S. The zero-order chi connectivity index (χ0) is 20.9. The molecular weight excluding hydrogens is 396 g/mol. The highest BCUT2D eigenvalue weighted by Gasteiger charge is 2.35. The molecule has 3 aromatic rings. The molecule has 30 heavy (non-hydrogen) atoms. The standard InChI is InChI=1S/C24H22N2O3S/c1-17-15-20-16-21(30(28,29)25-14-13-18-7-5-6-10-22(18)25)11-12-23(20)26(17)24(27)19-8-3-2-4-9-19/h2-12,16-17H,13-15H2,1H3/t17-/m0/s1. The highest BCUT2D eigenvalue weighted by molar-refractivity contribution is 7.92. The molecule has 0 saturated heterocycles. The Kier molecular flexibility index (Phi) is 4.40. The average molecular weight is 419 g/mol. The quantitative estimate of drug-likeness (QED) is 0.645. The Morgan fingerprint density at radius 2 is 1.63 bits per heavy atom. The van der Waals surface area contributed by atoms with Gasteiger partial charge in [0.2, 0.25) is 0 Å². The highest BCUT2D eigenvalue weighted by Crippen LogP contribution is 2.37. The van der Waals surface area contributed by atoms with Crippen LogP contribution in [0.3, 0.4) is 0 Å². The van der Waals surface area contributed by atoms with Gasteiger partial charge >= 0.3 is 0 Å². The molecule has 2 aliphatic heterocycles. The lowest BCUT2D eigenvalue weighted by Crippen LogP contribution is -2.35. The summed E-state index contributed by atoms with van der Waals surface area (Å²) in [5.74, 6) is -0.0640. The lowest BCUT2D eigenvalue weighted by Gasteiger charge is -2.23. The third-order valence-corrected chi connectivity index (χ3v) is 7.75. The van der Waals surface area contributed by atoms with Crippen LogP contribution in [0.25, 0.3) is 0 Å². The number of para-hydroxylation sites is 1. The summed E-state index contributed by atoms with van der Waals surface area (Å²) in [4.78, 5) is 15.1. The summed E-state index contributed by atoms with van der Waals surface area (Å²) < 4.78 is 28.2. The molecule has 0 saturated carbocycles. The zero-order valence-electron chi connectivity index (χ0n) is 16.7. The predicted octanol–water partition coefficient (Wildman–Crippen LogP) is 4.03. The first kappa shape index (κ1) is 18.9. The van der Waals surface area contributed by atoms with Crippen LogP contribution < -0.4 is 9.21 Å². The molecule has 152 valence electrons. The molecule has 0 spiro atoms. The van der Waals surface area contributed by atoms with Crippen LogP contribution >= 0.6 is 0 Å². The number of carbonyl (C=O) groups excluding carboxylic acids is 1. The first-order valence-corrected chi connectivity index (χ1v) is 11.5. The Morgan fingerprint density at radius 3 is 2.43 bits per heavy atom. The molecule has 5 rings (SSSR count). The summed E-state index contributed by atoms with van der Waals surface area (Å²) in [6.45, 7) is 2.44. The number of amides is 1. The summed E-state index contributed by atoms with van der Waals surface area (Å²) in [6.07, 6.45) is 1.35. The molecule has 2 aliphatic rings. The largest absolute Gasteiger partial charge is 0.305 e. The van der Waals surface area contributed by atoms with E-state index in [0.717, 1.165) is 28.9 Å². The molecule has 0 aliphatic carbocycles. The van der Waals surface area contributed by atoms with Crippen LogP contribution in [-0.2, 0) is 22.9 Å². The van der Waals surface area contributed by atoms with Crippen LogP contribution in [0.2, 0.25) is 0 Å². The topological polar surface area (TPSA) is 57.7 Å². The second-order valence-electron chi connectivity index (χ2n) is 7.84. The smallest absolute Gasteiger partial charge is 0.264 e. The van der Waals surface area contributed by atoms with Gasteiger partial charge in [-0.15, -0.1) is 0 Å². The van der Waals surface area contributed by atoms with E-state index >= 15 is 0 Å². The molecule has 3 aromatic carbocycles. The molecule has 1 atom stereocenters. The van der Waals surface area contributed by atoms with E-state index in [4.69, 9.17) is 0 Å². The minimum absolute atomic E-state index is 0.0295. The van der Waals surface area contributed by atoms with Crippen LogP contribution in [0, 0.1) is 0 Å². The van der Waals surface area contributed by atoms with Gasteiger partial charge in [0, 0.05) is 23.8 Å². The lowest BCUT2D eigenvalue weighted by molar-refractivity contribution is 0.0981. The molecule has 1 amide bonds. The van der Waals surface area contributed by atoms with Crippen LogP contribution in [0.1, 0.15) is 28.4 Å². The summed E-state index contributed by atoms with van der Waals surface area (Å²) in [5.41, 5.74) is 4.11. The monoisotopic (exact) mass is 418 g/mol. The molecule has 0 unspecified atom stereocenters. The van der Waals surface area contributed by atoms with Crippen molar-refractivity contribution in [2.45, 2.75) is 30.7 Å². The van der Waals surface area contributed by atoms with Crippen molar-refractivity contribution in [3.63, 3.8) is 0 Å². The van der Waals surface area contributed by atoms with Crippen molar-refractivity contribution in [2.75, 3.05) is 15.7 Å². The average Bonchev–Trinajstić information content (AvgIpc) is 3.34. The minimum Gasteiger partial charge on any atom is -0.305 e. The summed E-state index contributed by atoms with van der Waals surface area (Å²) >= 11 is 0. The van der Waals surface area contributed by atoms with Gasteiger partial charge in [-0.1, -0.05) is 36.4 Å². The van der Waals surface area contributed by atoms with Gasteiger partial charge < -0.3 is 4.90 Å². The van der Waals surface area contributed by atoms with Crippen molar-refractivity contribution < 1.29 is 13.2 Å². The lowest BCUT2D eigenvalue weighted by atomic mass is 10.1. The maximum Gasteiger partial charge on any atom is 0.264 e. The fourth-order valence-electron chi connectivity index (χ4n) is 4.48. The Hall–Kier alpha value is -3.12. The Labute approximate surface area is 176 Å². The number of fused-ring (bicyclic) bond motifs is 2. The van der Waals surface area contributed by atoms with E-state index in [1.165, 1.54) is 4.31 Å². The molecule has 0 N–H and O–H groups in total. The van der Waals surface area contributed by atoms with E-state index in [1.807, 2.05) is 49.4 Å². The van der Waals surface area contributed by atoms with E-state index in [9.17, 15) is 13.2 Å². The first-order chi connectivity index (χ1) is 14.5. The number of rotatable bonds is 3. The number of hydrogen-bond donors (Lipinski definition) is 0. The van der Waals surface area contributed by atoms with Gasteiger partial charge in [0.1, 0.15) is 0 Å². The summed E-state index contributed by atoms with van der Waals surface area (Å²) in [6, 6.07) is 21.9. The van der Waals surface area contributed by atoms with Gasteiger partial charge in [-0.05, 0) is 67.3 Å². The number of anilines is 2. The first-order valence-electron chi connectivity index (χ1n) is 10.1. The summed E-state index contributed by atoms with van der Waals surface area (Å²) in [7, 11) is -3.65. The van der Waals surface area contributed by atoms with Crippen molar-refractivity contribution in [1.29, 1.82) is 0 Å². The SMILES string of the molecule is C[C@H]1Cc2cc(S(=O)(=O)N3CCc4ccccc43)ccc2N1C(=O)c1ccccc1. The number of carbonyl (C=O) groups is 1. The third-order valence-electron chi connectivity index (χ3n) is 5.94. The van der Waals surface area contributed by atoms with Gasteiger partial charge in [0.25, 0.3) is 15.9 Å². The van der Waals surface area contributed by atoms with Gasteiger partial charge in [0.15, 0.2) is 0 Å². The maximum atomic E-state index is 13.4. The second kappa shape index (κ2) is 6.99. The van der Waals surface area contributed by atoms with E-state index in [1.54, 1.807) is 35.2 Å². The van der Waals surface area contributed by atoms with E-state index in [0.29, 0.717) is 18.5 Å². The maximum absolute atomic E-state index is 13.4. The van der Waals surface area contributed by atoms with Crippen molar-refractivity contribution in [3.05, 3.63) is 89.5 Å². The third kappa shape index (κ3) is 2.91. The van der Waals surface area contributed by atoms with Crippen LogP contribution in [0.4, 0.5) is 11.4 Å². The molecule has 0 bridgehead atoms. The fraction of sp³-hybridized carbons (Fsp3) is 0.208. The van der Waals surface area contributed by atoms with Crippen LogP contribution in [-0.4, -0.2) is 26.9 Å². The number of nitrogens with zero attached hydrogens (tertiary/aromatic N) is 2. The molecule has 0 radical (unpaired) electrons. The van der Waals surface area contributed by atoms with Crippen molar-refractivity contribution in [1.82, 2.24) is 0 Å². The number of hydrogen-bond acceptors (Lipinski definition) is 3. The summed E-state index contributed by atoms with van der Waals surface area (Å²) in [5, 5.41) is 0. The van der Waals surface area contributed by atoms with Gasteiger partial charge in [-0.2, -0.15) is 0 Å². The molecule has 0 aromatic heterocycles. The fourth-order valence-corrected chi connectivity index (χ4v) is 6.04. The van der Waals surface area contributed by atoms with Crippen molar-refractivity contribution in [2.24, 2.45) is 0 Å². The molecule has 2 heterocycles. The Morgan fingerprint density at radius 1 is 0.900 bits per heavy atom. The van der Waals surface area contributed by atoms with Gasteiger partial charge in [-0.3, -0.25) is 9.10 Å². The molecule has 6 heteroatoms. The normalized spacial score (nSPS) is 17.7. The Bertz CT molecular complexity index is 1240. The van der Waals surface area contributed by atoms with Crippen LogP contribution in [0.15, 0.2) is 77.7 Å². The van der Waals surface area contributed by atoms with E-state index in [-0.39, 0.29) is 16.8 Å². The van der Waals surface area contributed by atoms with E-state index < -0.39 is 10.0 Å². The van der Waals surface area contributed by atoms with Crippen molar-refractivity contribution >= 4 is 27.3 Å². The zero-order valence-corrected chi connectivity index (χ0v) is 17.5.